The summed E-state index contributed by atoms with van der Waals surface area (Å²) in [6.07, 6.45) is 8.88. The van der Waals surface area contributed by atoms with Gasteiger partial charge in [-0.1, -0.05) is 19.3 Å². The van der Waals surface area contributed by atoms with Crippen LogP contribution in [0.3, 0.4) is 0 Å². The minimum atomic E-state index is -3.24. The lowest BCUT2D eigenvalue weighted by Gasteiger charge is -2.32. The maximum absolute atomic E-state index is 11.8. The number of aromatic nitrogens is 2. The van der Waals surface area contributed by atoms with Crippen molar-refractivity contribution in [1.29, 1.82) is 0 Å². The predicted molar refractivity (Wildman–Crippen MR) is 87.9 cm³/mol. The Morgan fingerprint density at radius 3 is 2.55 bits per heavy atom. The molecule has 1 heterocycles. The van der Waals surface area contributed by atoms with Gasteiger partial charge in [-0.05, 0) is 31.0 Å². The second-order valence-electron chi connectivity index (χ2n) is 6.05. The molecule has 0 N–H and O–H groups in total. The van der Waals surface area contributed by atoms with E-state index in [2.05, 4.69) is 14.9 Å². The second kappa shape index (κ2) is 5.83. The molecular weight excluding hydrogens is 298 g/mol. The molecule has 2 aromatic rings. The average Bonchev–Trinajstić information content (AvgIpc) is 2.53. The van der Waals surface area contributed by atoms with Crippen LogP contribution in [0.1, 0.15) is 32.1 Å². The molecule has 0 atom stereocenters. The van der Waals surface area contributed by atoms with E-state index >= 15 is 0 Å². The summed E-state index contributed by atoms with van der Waals surface area (Å²) in [6.45, 7) is 0. The molecule has 0 radical (unpaired) electrons. The van der Waals surface area contributed by atoms with E-state index in [1.807, 2.05) is 7.05 Å². The van der Waals surface area contributed by atoms with Gasteiger partial charge in [-0.3, -0.25) is 0 Å². The van der Waals surface area contributed by atoms with E-state index < -0.39 is 9.84 Å². The van der Waals surface area contributed by atoms with Crippen LogP contribution in [0, 0.1) is 0 Å². The highest BCUT2D eigenvalue weighted by molar-refractivity contribution is 7.90. The van der Waals surface area contributed by atoms with E-state index in [-0.39, 0.29) is 0 Å². The first-order valence-electron chi connectivity index (χ1n) is 7.64. The molecule has 3 rings (SSSR count). The molecule has 118 valence electrons. The molecule has 22 heavy (non-hydrogen) atoms. The van der Waals surface area contributed by atoms with E-state index in [1.54, 1.807) is 24.5 Å². The van der Waals surface area contributed by atoms with Gasteiger partial charge in [0.15, 0.2) is 9.84 Å². The highest BCUT2D eigenvalue weighted by Gasteiger charge is 2.21. The fourth-order valence-electron chi connectivity index (χ4n) is 3.18. The van der Waals surface area contributed by atoms with Crippen LogP contribution in [0.2, 0.25) is 0 Å². The average molecular weight is 319 g/mol. The molecule has 1 saturated carbocycles. The summed E-state index contributed by atoms with van der Waals surface area (Å²) in [5.41, 5.74) is 0.778. The van der Waals surface area contributed by atoms with E-state index in [4.69, 9.17) is 0 Å². The molecule has 0 amide bonds. The van der Waals surface area contributed by atoms with Crippen LogP contribution in [0.15, 0.2) is 29.4 Å². The molecule has 5 nitrogen and oxygen atoms in total. The fourth-order valence-corrected chi connectivity index (χ4v) is 3.82. The summed E-state index contributed by atoms with van der Waals surface area (Å²) in [4.78, 5) is 11.2. The minimum Gasteiger partial charge on any atom is -0.356 e. The number of nitrogens with zero attached hydrogens (tertiary/aromatic N) is 3. The molecule has 0 bridgehead atoms. The molecule has 6 heteroatoms. The summed E-state index contributed by atoms with van der Waals surface area (Å²) in [5, 5.41) is 0.804. The Bertz CT molecular complexity index is 783. The Morgan fingerprint density at radius 1 is 1.14 bits per heavy atom. The standard InChI is InChI=1S/C16H21N3O2S/c1-19(12-6-4-3-5-7-12)16-14-10-13(22(2,20)21)8-9-15(14)17-11-18-16/h8-12H,3-7H2,1-2H3. The first kappa shape index (κ1) is 15.2. The molecule has 1 aliphatic carbocycles. The quantitative estimate of drug-likeness (QED) is 0.870. The molecule has 0 unspecified atom stereocenters. The van der Waals surface area contributed by atoms with Crippen LogP contribution < -0.4 is 4.90 Å². The molecule has 0 aliphatic heterocycles. The number of anilines is 1. The summed E-state index contributed by atoms with van der Waals surface area (Å²) in [7, 11) is -1.19. The topological polar surface area (TPSA) is 63.2 Å². The van der Waals surface area contributed by atoms with Gasteiger partial charge in [0.25, 0.3) is 0 Å². The van der Waals surface area contributed by atoms with Gasteiger partial charge in [0, 0.05) is 24.7 Å². The molecule has 1 aliphatic rings. The van der Waals surface area contributed by atoms with Crippen molar-refractivity contribution in [1.82, 2.24) is 9.97 Å². The highest BCUT2D eigenvalue weighted by Crippen LogP contribution is 2.30. The van der Waals surface area contributed by atoms with Crippen LogP contribution in [0.5, 0.6) is 0 Å². The molecule has 1 fully saturated rings. The first-order chi connectivity index (χ1) is 10.5. The SMILES string of the molecule is CN(c1ncnc2ccc(S(C)(=O)=O)cc12)C1CCCCC1. The summed E-state index contributed by atoms with van der Waals surface area (Å²) in [6, 6.07) is 5.52. The minimum absolute atomic E-state index is 0.313. The zero-order valence-corrected chi connectivity index (χ0v) is 13.8. The van der Waals surface area contributed by atoms with Gasteiger partial charge in [-0.25, -0.2) is 18.4 Å². The largest absolute Gasteiger partial charge is 0.356 e. The summed E-state index contributed by atoms with van der Waals surface area (Å²) in [5.74, 6) is 0.822. The van der Waals surface area contributed by atoms with Crippen molar-refractivity contribution < 1.29 is 8.42 Å². The van der Waals surface area contributed by atoms with Crippen LogP contribution >= 0.6 is 0 Å². The molecule has 1 aromatic heterocycles. The van der Waals surface area contributed by atoms with Crippen LogP contribution in [-0.4, -0.2) is 37.7 Å². The Hall–Kier alpha value is -1.69. The van der Waals surface area contributed by atoms with Gasteiger partial charge in [0.1, 0.15) is 12.1 Å². The van der Waals surface area contributed by atoms with Crippen molar-refractivity contribution in [3.05, 3.63) is 24.5 Å². The third-order valence-electron chi connectivity index (χ3n) is 4.47. The number of hydrogen-bond donors (Lipinski definition) is 0. The van der Waals surface area contributed by atoms with Gasteiger partial charge in [0.2, 0.25) is 0 Å². The first-order valence-corrected chi connectivity index (χ1v) is 9.53. The normalized spacial score (nSPS) is 16.8. The summed E-state index contributed by atoms with van der Waals surface area (Å²) >= 11 is 0. The van der Waals surface area contributed by atoms with E-state index in [1.165, 1.54) is 25.5 Å². The second-order valence-corrected chi connectivity index (χ2v) is 8.07. The maximum Gasteiger partial charge on any atom is 0.175 e. The van der Waals surface area contributed by atoms with E-state index in [9.17, 15) is 8.42 Å². The van der Waals surface area contributed by atoms with Crippen molar-refractivity contribution in [3.8, 4) is 0 Å². The van der Waals surface area contributed by atoms with Crippen molar-refractivity contribution in [3.63, 3.8) is 0 Å². The van der Waals surface area contributed by atoms with Crippen molar-refractivity contribution in [2.45, 2.75) is 43.0 Å². The van der Waals surface area contributed by atoms with Gasteiger partial charge in [-0.15, -0.1) is 0 Å². The van der Waals surface area contributed by atoms with E-state index in [0.29, 0.717) is 10.9 Å². The Balaban J connectivity index is 2.08. The Labute approximate surface area is 131 Å². The Morgan fingerprint density at radius 2 is 1.86 bits per heavy atom. The number of sulfone groups is 1. The smallest absolute Gasteiger partial charge is 0.175 e. The van der Waals surface area contributed by atoms with Crippen molar-refractivity contribution in [2.75, 3.05) is 18.2 Å². The van der Waals surface area contributed by atoms with Gasteiger partial charge in [0.05, 0.1) is 10.4 Å². The van der Waals surface area contributed by atoms with Crippen LogP contribution in [-0.2, 0) is 9.84 Å². The highest BCUT2D eigenvalue weighted by atomic mass is 32.2. The van der Waals surface area contributed by atoms with Gasteiger partial charge < -0.3 is 4.90 Å². The Kier molecular flexibility index (Phi) is 4.04. The van der Waals surface area contributed by atoms with Gasteiger partial charge >= 0.3 is 0 Å². The lowest BCUT2D eigenvalue weighted by Crippen LogP contribution is -2.34. The van der Waals surface area contributed by atoms with Crippen molar-refractivity contribution >= 4 is 26.6 Å². The summed E-state index contributed by atoms with van der Waals surface area (Å²) < 4.78 is 23.6. The van der Waals surface area contributed by atoms with Crippen LogP contribution in [0.4, 0.5) is 5.82 Å². The molecule has 0 saturated heterocycles. The number of benzene rings is 1. The molecule has 1 aromatic carbocycles. The monoisotopic (exact) mass is 319 g/mol. The zero-order valence-electron chi connectivity index (χ0n) is 13.0. The number of hydrogen-bond acceptors (Lipinski definition) is 5. The molecule has 0 spiro atoms. The zero-order chi connectivity index (χ0) is 15.7. The number of fused-ring (bicyclic) bond motifs is 1. The van der Waals surface area contributed by atoms with Gasteiger partial charge in [-0.2, -0.15) is 0 Å². The van der Waals surface area contributed by atoms with E-state index in [0.717, 1.165) is 29.6 Å². The third-order valence-corrected chi connectivity index (χ3v) is 5.58. The lowest BCUT2D eigenvalue weighted by atomic mass is 9.94. The fraction of sp³-hybridized carbons (Fsp3) is 0.500. The van der Waals surface area contributed by atoms with Crippen LogP contribution in [0.25, 0.3) is 10.9 Å². The third kappa shape index (κ3) is 2.92. The molecular formula is C16H21N3O2S. The predicted octanol–water partition coefficient (Wildman–Crippen LogP) is 2.80. The lowest BCUT2D eigenvalue weighted by molar-refractivity contribution is 0.426. The maximum atomic E-state index is 11.8. The van der Waals surface area contributed by atoms with Crippen molar-refractivity contribution in [2.24, 2.45) is 0 Å². The number of rotatable bonds is 3.